The normalized spacial score (nSPS) is 17.6. The largest absolute Gasteiger partial charge is 0.390 e. The molecule has 3 N–H and O–H groups in total. The van der Waals surface area contributed by atoms with Crippen LogP contribution < -0.4 is 14.9 Å². The molecule has 2 aromatic carbocycles. The number of aryl methyl sites for hydroxylation is 2. The van der Waals surface area contributed by atoms with Gasteiger partial charge in [-0.15, -0.1) is 0 Å². The van der Waals surface area contributed by atoms with Crippen molar-refractivity contribution in [2.75, 3.05) is 17.9 Å². The molecule has 0 saturated heterocycles. The number of benzene rings is 2. The van der Waals surface area contributed by atoms with Gasteiger partial charge in [-0.25, -0.2) is 8.42 Å². The van der Waals surface area contributed by atoms with Gasteiger partial charge in [0.1, 0.15) is 0 Å². The lowest BCUT2D eigenvalue weighted by atomic mass is 9.99. The smallest absolute Gasteiger partial charge is 0.251 e. The Morgan fingerprint density at radius 1 is 1.14 bits per heavy atom. The molecule has 3 heterocycles. The lowest BCUT2D eigenvalue weighted by Gasteiger charge is -2.25. The number of aromatic nitrogens is 3. The second-order valence-corrected chi connectivity index (χ2v) is 13.4. The van der Waals surface area contributed by atoms with E-state index >= 15 is 0 Å². The van der Waals surface area contributed by atoms with E-state index in [1.165, 1.54) is 4.31 Å². The average Bonchev–Trinajstić information content (AvgIpc) is 3.58. The number of hydrogen-bond donors (Lipinski definition) is 3. The summed E-state index contributed by atoms with van der Waals surface area (Å²) >= 11 is 0. The van der Waals surface area contributed by atoms with Crippen molar-refractivity contribution in [1.82, 2.24) is 25.0 Å². The number of carbonyl (C=O) groups excluding carboxylic acids is 1. The van der Waals surface area contributed by atoms with Crippen molar-refractivity contribution in [3.63, 3.8) is 0 Å². The van der Waals surface area contributed by atoms with E-state index in [9.17, 15) is 18.3 Å². The van der Waals surface area contributed by atoms with Crippen molar-refractivity contribution in [1.29, 1.82) is 0 Å². The Balaban J connectivity index is 1.42. The number of hydrogen-bond acceptors (Lipinski definition) is 6. The first kappa shape index (κ1) is 29.8. The monoisotopic (exact) mass is 592 g/mol. The topological polar surface area (TPSA) is 121 Å². The summed E-state index contributed by atoms with van der Waals surface area (Å²) in [5.74, 6) is -0.366. The van der Waals surface area contributed by atoms with Gasteiger partial charge >= 0.3 is 0 Å². The summed E-state index contributed by atoms with van der Waals surface area (Å²) in [6.45, 7) is 7.72. The summed E-state index contributed by atoms with van der Waals surface area (Å²) in [5.41, 5.74) is 4.70. The first-order valence-corrected chi connectivity index (χ1v) is 16.0. The zero-order valence-electron chi connectivity index (χ0n) is 24.6. The number of rotatable bonds is 11. The maximum Gasteiger partial charge on any atom is 0.251 e. The first-order chi connectivity index (χ1) is 20.1. The number of anilines is 1. The third-order valence-corrected chi connectivity index (χ3v) is 10.3. The number of nitrogens with one attached hydrogen (secondary N) is 2. The maximum absolute atomic E-state index is 13.8. The van der Waals surface area contributed by atoms with Gasteiger partial charge in [-0.3, -0.25) is 13.8 Å². The van der Waals surface area contributed by atoms with E-state index in [1.807, 2.05) is 71.9 Å². The van der Waals surface area contributed by atoms with E-state index in [-0.39, 0.29) is 12.5 Å². The summed E-state index contributed by atoms with van der Waals surface area (Å²) in [4.78, 5) is 13.8. The molecule has 224 valence electrons. The Labute approximate surface area is 247 Å². The van der Waals surface area contributed by atoms with Crippen LogP contribution in [0.3, 0.4) is 0 Å². The van der Waals surface area contributed by atoms with E-state index in [0.717, 1.165) is 40.6 Å². The Hall–Kier alpha value is -3.67. The van der Waals surface area contributed by atoms with Crippen LogP contribution >= 0.6 is 0 Å². The van der Waals surface area contributed by atoms with Crippen LogP contribution in [0.4, 0.5) is 5.69 Å². The fourth-order valence-corrected chi connectivity index (χ4v) is 6.95. The molecule has 1 aliphatic heterocycles. The van der Waals surface area contributed by atoms with Gasteiger partial charge in [0.15, 0.2) is 0 Å². The Bertz CT molecular complexity index is 1660. The molecule has 0 bridgehead atoms. The molecule has 0 fully saturated rings. The van der Waals surface area contributed by atoms with Gasteiger partial charge < -0.3 is 20.3 Å². The highest BCUT2D eigenvalue weighted by Gasteiger charge is 2.34. The number of sulfonamides is 1. The number of aliphatic hydroxyl groups is 1. The number of aliphatic hydroxyl groups excluding tert-OH is 1. The average molecular weight is 593 g/mol. The molecule has 1 amide bonds. The maximum atomic E-state index is 13.8. The van der Waals surface area contributed by atoms with Crippen LogP contribution in [0.5, 0.6) is 0 Å². The lowest BCUT2D eigenvalue weighted by molar-refractivity contribution is 0.0830. The molecule has 1 unspecified atom stereocenters. The molecule has 10 nitrogen and oxygen atoms in total. The van der Waals surface area contributed by atoms with E-state index < -0.39 is 27.4 Å². The first-order valence-electron chi connectivity index (χ1n) is 14.5. The molecular formula is C31H40N6O4S. The van der Waals surface area contributed by atoms with E-state index in [2.05, 4.69) is 15.7 Å². The summed E-state index contributed by atoms with van der Waals surface area (Å²) < 4.78 is 31.6. The molecule has 42 heavy (non-hydrogen) atoms. The molecule has 1 aliphatic rings. The van der Waals surface area contributed by atoms with Crippen LogP contribution in [0.15, 0.2) is 61.1 Å². The highest BCUT2D eigenvalue weighted by atomic mass is 32.2. The van der Waals surface area contributed by atoms with Gasteiger partial charge in [-0.2, -0.15) is 5.10 Å². The second kappa shape index (κ2) is 12.3. The second-order valence-electron chi connectivity index (χ2n) is 11.0. The van der Waals surface area contributed by atoms with E-state index in [1.54, 1.807) is 26.2 Å². The highest BCUT2D eigenvalue weighted by molar-refractivity contribution is 7.93. The summed E-state index contributed by atoms with van der Waals surface area (Å²) in [6, 6.07) is 12.6. The minimum Gasteiger partial charge on any atom is -0.390 e. The van der Waals surface area contributed by atoms with Crippen molar-refractivity contribution in [3.8, 4) is 0 Å². The molecule has 5 rings (SSSR count). The molecular weight excluding hydrogens is 552 g/mol. The van der Waals surface area contributed by atoms with Gasteiger partial charge in [-0.1, -0.05) is 37.3 Å². The molecule has 0 radical (unpaired) electrons. The van der Waals surface area contributed by atoms with E-state index in [0.29, 0.717) is 30.8 Å². The van der Waals surface area contributed by atoms with Crippen molar-refractivity contribution in [2.45, 2.75) is 70.6 Å². The quantitative estimate of drug-likeness (QED) is 0.246. The number of amides is 1. The minimum absolute atomic E-state index is 0.265. The van der Waals surface area contributed by atoms with Crippen molar-refractivity contribution in [2.24, 2.45) is 0 Å². The molecule has 0 aliphatic carbocycles. The van der Waals surface area contributed by atoms with Gasteiger partial charge in [0.05, 0.1) is 34.8 Å². The predicted octanol–water partition coefficient (Wildman–Crippen LogP) is 3.08. The van der Waals surface area contributed by atoms with Gasteiger partial charge in [-0.05, 0) is 49.9 Å². The molecule has 4 aromatic rings. The Kier molecular flexibility index (Phi) is 8.72. The predicted molar refractivity (Wildman–Crippen MR) is 165 cm³/mol. The van der Waals surface area contributed by atoms with Crippen LogP contribution in [0.2, 0.25) is 0 Å². The molecule has 0 saturated carbocycles. The fourth-order valence-electron chi connectivity index (χ4n) is 5.64. The number of nitrogens with zero attached hydrogens (tertiary/aromatic N) is 4. The van der Waals surface area contributed by atoms with Crippen LogP contribution in [0, 0.1) is 0 Å². The van der Waals surface area contributed by atoms with Gasteiger partial charge in [0, 0.05) is 62.1 Å². The Morgan fingerprint density at radius 2 is 1.90 bits per heavy atom. The molecule has 2 aromatic heterocycles. The lowest BCUT2D eigenvalue weighted by Crippen LogP contribution is -2.48. The van der Waals surface area contributed by atoms with E-state index in [4.69, 9.17) is 0 Å². The van der Waals surface area contributed by atoms with Crippen molar-refractivity contribution >= 4 is 32.5 Å². The fraction of sp³-hybridized carbons (Fsp3) is 0.419. The molecule has 11 heteroatoms. The van der Waals surface area contributed by atoms with Crippen LogP contribution in [-0.2, 0) is 42.5 Å². The van der Waals surface area contributed by atoms with Crippen LogP contribution in [-0.4, -0.2) is 64.8 Å². The number of carbonyl (C=O) groups is 1. The Morgan fingerprint density at radius 3 is 2.60 bits per heavy atom. The van der Waals surface area contributed by atoms with Crippen molar-refractivity contribution < 1.29 is 18.3 Å². The third kappa shape index (κ3) is 5.95. The zero-order valence-corrected chi connectivity index (χ0v) is 25.4. The highest BCUT2D eigenvalue weighted by Crippen LogP contribution is 2.37. The standard InChI is InChI=1S/C31H40N6O4S/c1-5-24-20-36-18-21(3)42(40,41)35(4)28-14-25(13-26(24)30(28)36)31(39)34-27(12-22-10-8-7-9-11-22)29(38)17-32-15-23-16-33-37(6-2)19-23/h7-11,13-14,16,19-21,27,29,32,38H,5-6,12,15,17-18H2,1-4H3,(H,34,39)/t21?,27-,29+/m0/s1. The SMILES string of the molecule is CCc1cn2c3c(cc(C(=O)N[C@@H](Cc4ccccc4)[C@H](O)CNCc4cnn(CC)c4)cc13)N(C)S(=O)(=O)C(C)C2. The zero-order chi connectivity index (χ0) is 30.0. The molecule has 0 spiro atoms. The van der Waals surface area contributed by atoms with Gasteiger partial charge in [0.2, 0.25) is 10.0 Å². The summed E-state index contributed by atoms with van der Waals surface area (Å²) in [5, 5.41) is 22.1. The molecule has 3 atom stereocenters. The van der Waals surface area contributed by atoms with Crippen LogP contribution in [0.25, 0.3) is 10.9 Å². The van der Waals surface area contributed by atoms with Gasteiger partial charge in [0.25, 0.3) is 5.91 Å². The third-order valence-electron chi connectivity index (χ3n) is 8.13. The van der Waals surface area contributed by atoms with Crippen LogP contribution in [0.1, 0.15) is 47.8 Å². The minimum atomic E-state index is -3.61. The van der Waals surface area contributed by atoms with Crippen molar-refractivity contribution in [3.05, 3.63) is 83.3 Å². The summed E-state index contributed by atoms with van der Waals surface area (Å²) in [6.07, 6.45) is 6.06. The summed E-state index contributed by atoms with van der Waals surface area (Å²) in [7, 11) is -2.06.